The Morgan fingerprint density at radius 2 is 1.19 bits per heavy atom. The fourth-order valence-electron chi connectivity index (χ4n) is 3.13. The average molecular weight is 472 g/mol. The van der Waals surface area contributed by atoms with Crippen LogP contribution in [0.4, 0.5) is 5.69 Å². The largest absolute Gasteiger partial charge is 0.246 e. The van der Waals surface area contributed by atoms with Crippen molar-refractivity contribution in [1.29, 1.82) is 0 Å². The van der Waals surface area contributed by atoms with E-state index in [1.54, 1.807) is 11.8 Å². The number of benzene rings is 4. The molecule has 0 radical (unpaired) electrons. The van der Waals surface area contributed by atoms with E-state index in [0.29, 0.717) is 4.58 Å². The lowest BCUT2D eigenvalue weighted by atomic mass is 10.2. The topological polar surface area (TPSA) is 12.4 Å². The van der Waals surface area contributed by atoms with E-state index in [1.165, 1.54) is 20.2 Å². The third-order valence-corrected chi connectivity index (χ3v) is 8.12. The van der Waals surface area contributed by atoms with Gasteiger partial charge in [-0.25, -0.2) is 4.99 Å². The van der Waals surface area contributed by atoms with Gasteiger partial charge in [0.1, 0.15) is 0 Å². The highest BCUT2D eigenvalue weighted by Gasteiger charge is 2.17. The second-order valence-electron chi connectivity index (χ2n) is 7.26. The first-order valence-electron chi connectivity index (χ1n) is 10.6. The fourth-order valence-corrected chi connectivity index (χ4v) is 6.88. The van der Waals surface area contributed by atoms with Crippen molar-refractivity contribution in [3.8, 4) is 0 Å². The van der Waals surface area contributed by atoms with Crippen LogP contribution >= 0.6 is 35.3 Å². The summed E-state index contributed by atoms with van der Waals surface area (Å²) in [5, 5.41) is 1.12. The summed E-state index contributed by atoms with van der Waals surface area (Å²) in [7, 11) is 0. The van der Waals surface area contributed by atoms with Crippen molar-refractivity contribution < 1.29 is 0 Å². The number of aryl methyl sites for hydroxylation is 1. The van der Waals surface area contributed by atoms with Gasteiger partial charge < -0.3 is 0 Å². The van der Waals surface area contributed by atoms with E-state index in [9.17, 15) is 0 Å². The Labute approximate surface area is 203 Å². The summed E-state index contributed by atoms with van der Waals surface area (Å²) in [5.74, 6) is 0. The maximum absolute atomic E-state index is 5.09. The van der Waals surface area contributed by atoms with Crippen LogP contribution in [0, 0.1) is 6.92 Å². The Balaban J connectivity index is 1.63. The molecule has 160 valence electrons. The van der Waals surface area contributed by atoms with Gasteiger partial charge in [0, 0.05) is 21.1 Å². The van der Waals surface area contributed by atoms with E-state index in [1.807, 2.05) is 23.5 Å². The Morgan fingerprint density at radius 1 is 0.656 bits per heavy atom. The number of hydrogen-bond donors (Lipinski definition) is 0. The van der Waals surface area contributed by atoms with Crippen LogP contribution in [0.1, 0.15) is 12.0 Å². The second kappa shape index (κ2) is 12.0. The fraction of sp³-hybridized carbons (Fsp3) is 0.107. The van der Waals surface area contributed by atoms with Crippen LogP contribution in [-0.2, 0) is 0 Å². The number of aliphatic imine (C=N–C) groups is 1. The van der Waals surface area contributed by atoms with Crippen LogP contribution in [0.15, 0.2) is 135 Å². The molecule has 4 rings (SSSR count). The Morgan fingerprint density at radius 3 is 1.72 bits per heavy atom. The molecule has 32 heavy (non-hydrogen) atoms. The van der Waals surface area contributed by atoms with Gasteiger partial charge in [0.05, 0.1) is 15.3 Å². The molecule has 0 saturated heterocycles. The van der Waals surface area contributed by atoms with Gasteiger partial charge in [0.25, 0.3) is 0 Å². The predicted molar refractivity (Wildman–Crippen MR) is 144 cm³/mol. The van der Waals surface area contributed by atoms with Gasteiger partial charge in [0.2, 0.25) is 0 Å². The van der Waals surface area contributed by atoms with E-state index in [2.05, 4.69) is 122 Å². The van der Waals surface area contributed by atoms with E-state index < -0.39 is 0 Å². The van der Waals surface area contributed by atoms with Crippen molar-refractivity contribution in [2.75, 3.05) is 0 Å². The highest BCUT2D eigenvalue weighted by molar-refractivity contribution is 8.17. The highest BCUT2D eigenvalue weighted by Crippen LogP contribution is 2.40. The predicted octanol–water partition coefficient (Wildman–Crippen LogP) is 9.12. The Kier molecular flexibility index (Phi) is 8.55. The van der Waals surface area contributed by atoms with Crippen LogP contribution in [0.25, 0.3) is 0 Å². The van der Waals surface area contributed by atoms with E-state index in [0.717, 1.165) is 17.2 Å². The van der Waals surface area contributed by atoms with Crippen molar-refractivity contribution in [3.63, 3.8) is 0 Å². The van der Waals surface area contributed by atoms with E-state index >= 15 is 0 Å². The number of nitrogens with zero attached hydrogens (tertiary/aromatic N) is 1. The lowest BCUT2D eigenvalue weighted by Gasteiger charge is -2.18. The normalized spacial score (nSPS) is 11.6. The monoisotopic (exact) mass is 471 g/mol. The third kappa shape index (κ3) is 7.33. The minimum atomic E-state index is 0.305. The molecule has 0 N–H and O–H groups in total. The standard InChI is InChI=1S/C28H25NS3/c1-22-12-11-13-23(20-22)29-27(30-24-14-5-2-6-15-24)21-28(31-25-16-7-3-8-17-25)32-26-18-9-4-10-19-26/h2-20,28H,21H2,1H3. The summed E-state index contributed by atoms with van der Waals surface area (Å²) >= 11 is 5.57. The van der Waals surface area contributed by atoms with Gasteiger partial charge in [-0.15, -0.1) is 23.5 Å². The lowest BCUT2D eigenvalue weighted by molar-refractivity contribution is 1.23. The van der Waals surface area contributed by atoms with Crippen LogP contribution < -0.4 is 0 Å². The molecule has 0 aliphatic carbocycles. The molecule has 0 aromatic heterocycles. The lowest BCUT2D eigenvalue weighted by Crippen LogP contribution is -2.05. The maximum atomic E-state index is 5.09. The molecule has 4 heteroatoms. The van der Waals surface area contributed by atoms with Crippen LogP contribution in [-0.4, -0.2) is 9.63 Å². The molecular weight excluding hydrogens is 447 g/mol. The second-order valence-corrected chi connectivity index (χ2v) is 11.3. The zero-order valence-electron chi connectivity index (χ0n) is 17.9. The summed E-state index contributed by atoms with van der Waals surface area (Å²) in [6.07, 6.45) is 0.868. The van der Waals surface area contributed by atoms with Crippen molar-refractivity contribution in [2.24, 2.45) is 4.99 Å². The highest BCUT2D eigenvalue weighted by atomic mass is 32.2. The molecule has 4 aromatic carbocycles. The van der Waals surface area contributed by atoms with Crippen molar-refractivity contribution in [2.45, 2.75) is 32.6 Å². The first kappa shape index (κ1) is 22.8. The SMILES string of the molecule is Cc1cccc(N=C(CC(Sc2ccccc2)Sc2ccccc2)Sc2ccccc2)c1. The molecule has 4 aromatic rings. The molecule has 0 unspecified atom stereocenters. The van der Waals surface area contributed by atoms with Crippen molar-refractivity contribution in [1.82, 2.24) is 0 Å². The molecule has 0 aliphatic heterocycles. The van der Waals surface area contributed by atoms with E-state index in [4.69, 9.17) is 4.99 Å². The molecule has 0 heterocycles. The van der Waals surface area contributed by atoms with Gasteiger partial charge in [-0.3, -0.25) is 0 Å². The smallest absolute Gasteiger partial charge is 0.0806 e. The molecule has 0 fully saturated rings. The molecule has 0 saturated carbocycles. The van der Waals surface area contributed by atoms with E-state index in [-0.39, 0.29) is 0 Å². The first-order valence-corrected chi connectivity index (χ1v) is 13.1. The zero-order chi connectivity index (χ0) is 22.0. The summed E-state index contributed by atoms with van der Waals surface area (Å²) in [5.41, 5.74) is 2.24. The molecule has 0 atom stereocenters. The summed E-state index contributed by atoms with van der Waals surface area (Å²) in [6, 6.07) is 40.3. The molecule has 0 spiro atoms. The van der Waals surface area contributed by atoms with Gasteiger partial charge in [-0.1, -0.05) is 78.5 Å². The number of rotatable bonds is 8. The van der Waals surface area contributed by atoms with Gasteiger partial charge >= 0.3 is 0 Å². The van der Waals surface area contributed by atoms with Gasteiger partial charge in [-0.2, -0.15) is 0 Å². The maximum Gasteiger partial charge on any atom is 0.0806 e. The molecular formula is C28H25NS3. The van der Waals surface area contributed by atoms with Gasteiger partial charge in [-0.05, 0) is 61.0 Å². The van der Waals surface area contributed by atoms with Gasteiger partial charge in [0.15, 0.2) is 0 Å². The van der Waals surface area contributed by atoms with Crippen LogP contribution in [0.2, 0.25) is 0 Å². The Bertz CT molecular complexity index is 1090. The van der Waals surface area contributed by atoms with Crippen molar-refractivity contribution in [3.05, 3.63) is 121 Å². The zero-order valence-corrected chi connectivity index (χ0v) is 20.4. The molecule has 0 bridgehead atoms. The molecule has 0 amide bonds. The Hall–Kier alpha value is -2.40. The minimum Gasteiger partial charge on any atom is -0.246 e. The summed E-state index contributed by atoms with van der Waals surface area (Å²) in [6.45, 7) is 2.11. The summed E-state index contributed by atoms with van der Waals surface area (Å²) < 4.78 is 0.305. The van der Waals surface area contributed by atoms with Crippen molar-refractivity contribution >= 4 is 46.0 Å². The number of hydrogen-bond acceptors (Lipinski definition) is 4. The quantitative estimate of drug-likeness (QED) is 0.110. The van der Waals surface area contributed by atoms with Crippen LogP contribution in [0.5, 0.6) is 0 Å². The number of thioether (sulfide) groups is 3. The summed E-state index contributed by atoms with van der Waals surface area (Å²) in [4.78, 5) is 8.86. The minimum absolute atomic E-state index is 0.305. The molecule has 1 nitrogen and oxygen atoms in total. The third-order valence-electron chi connectivity index (χ3n) is 4.60. The molecule has 0 aliphatic rings. The first-order chi connectivity index (χ1) is 15.7. The van der Waals surface area contributed by atoms with Crippen LogP contribution in [0.3, 0.4) is 0 Å². The average Bonchev–Trinajstić information content (AvgIpc) is 2.81.